The molecule has 8 amide bonds. The van der Waals surface area contributed by atoms with Gasteiger partial charge in [-0.25, -0.2) is 0 Å². The SMILES string of the molecule is C[C@@H](O)[C@H](NC(=O)[C@H](CCCCN)NC(=O)[C@H](Cc1cn(Br)c2ccccc12)NC(=O)[C@H](Cc1ccccc1)NC(=O)[C@H](Cc1ccccc1)NC(=O)[C@@H](N)CC(N)=O)C(=O)N[C@@H](Cc1ccccc1)C(=O)NCCCC(=O)O. The number of benzene rings is 4. The van der Waals surface area contributed by atoms with E-state index >= 15 is 0 Å². The number of nitrogens with one attached hydrogen (secondary N) is 7. The fourth-order valence-corrected chi connectivity index (χ4v) is 9.19. The quantitative estimate of drug-likeness (QED) is 0.0264. The molecule has 0 unspecified atom stereocenters. The summed E-state index contributed by atoms with van der Waals surface area (Å²) in [6.07, 6.45) is 0.0683. The number of rotatable bonds is 32. The van der Waals surface area contributed by atoms with E-state index < -0.39 is 108 Å². The third-order valence-electron chi connectivity index (χ3n) is 12.8. The van der Waals surface area contributed by atoms with Gasteiger partial charge < -0.3 is 64.6 Å². The van der Waals surface area contributed by atoms with Crippen LogP contribution in [-0.2, 0) is 68.8 Å². The van der Waals surface area contributed by atoms with Crippen LogP contribution in [0.1, 0.15) is 67.7 Å². The molecule has 23 heteroatoms. The van der Waals surface area contributed by atoms with Gasteiger partial charge in [0, 0.05) is 50.2 Å². The molecule has 0 radical (unpaired) electrons. The van der Waals surface area contributed by atoms with Crippen molar-refractivity contribution < 1.29 is 53.4 Å². The van der Waals surface area contributed by atoms with E-state index in [1.165, 1.54) is 6.92 Å². The van der Waals surface area contributed by atoms with Crippen molar-refractivity contribution in [3.63, 3.8) is 0 Å². The number of carbonyl (C=O) groups excluding carboxylic acids is 8. The Balaban J connectivity index is 1.45. The van der Waals surface area contributed by atoms with Crippen molar-refractivity contribution in [2.45, 2.75) is 120 Å². The van der Waals surface area contributed by atoms with Gasteiger partial charge in [0.2, 0.25) is 47.3 Å². The molecule has 0 aliphatic rings. The topological polar surface area (TPSA) is 361 Å². The Hall–Kier alpha value is -7.99. The molecule has 0 saturated heterocycles. The fraction of sp³-hybridized carbons (Fsp3) is 0.375. The van der Waals surface area contributed by atoms with Crippen LogP contribution in [-0.4, -0.2) is 129 Å². The van der Waals surface area contributed by atoms with Crippen molar-refractivity contribution in [1.29, 1.82) is 0 Å². The van der Waals surface area contributed by atoms with Gasteiger partial charge in [-0.15, -0.1) is 0 Å². The number of amides is 8. The second kappa shape index (κ2) is 31.4. The Morgan fingerprint density at radius 3 is 1.49 bits per heavy atom. The van der Waals surface area contributed by atoms with Crippen molar-refractivity contribution in [1.82, 2.24) is 40.8 Å². The molecule has 0 bridgehead atoms. The summed E-state index contributed by atoms with van der Waals surface area (Å²) in [5.74, 6) is -7.62. The Morgan fingerprint density at radius 2 is 1.00 bits per heavy atom. The number of aliphatic carboxylic acids is 1. The van der Waals surface area contributed by atoms with Gasteiger partial charge in [0.25, 0.3) is 0 Å². The number of fused-ring (bicyclic) bond motifs is 1. The van der Waals surface area contributed by atoms with Gasteiger partial charge in [-0.2, -0.15) is 0 Å². The van der Waals surface area contributed by atoms with Crippen molar-refractivity contribution in [3.05, 3.63) is 144 Å². The van der Waals surface area contributed by atoms with E-state index in [2.05, 4.69) is 53.4 Å². The first-order valence-corrected chi connectivity index (χ1v) is 26.6. The third kappa shape index (κ3) is 20.1. The van der Waals surface area contributed by atoms with Crippen LogP contribution < -0.4 is 54.4 Å². The van der Waals surface area contributed by atoms with E-state index in [1.807, 2.05) is 18.2 Å². The number of aliphatic hydroxyl groups excluding tert-OH is 1. The molecule has 0 fully saturated rings. The van der Waals surface area contributed by atoms with Gasteiger partial charge in [0.15, 0.2) is 0 Å². The van der Waals surface area contributed by atoms with E-state index in [9.17, 15) is 48.3 Å². The molecule has 22 nitrogen and oxygen atoms in total. The highest BCUT2D eigenvalue weighted by atomic mass is 79.9. The molecule has 0 saturated carbocycles. The maximum atomic E-state index is 14.9. The number of carboxylic acid groups (broad SMARTS) is 1. The first kappa shape index (κ1) is 61.9. The van der Waals surface area contributed by atoms with E-state index in [0.29, 0.717) is 35.1 Å². The van der Waals surface area contributed by atoms with Crippen LogP contribution in [0.3, 0.4) is 0 Å². The zero-order chi connectivity index (χ0) is 57.4. The molecule has 15 N–H and O–H groups in total. The minimum Gasteiger partial charge on any atom is -0.481 e. The summed E-state index contributed by atoms with van der Waals surface area (Å²) in [5, 5.41) is 39.6. The first-order chi connectivity index (χ1) is 37.8. The molecule has 0 spiro atoms. The van der Waals surface area contributed by atoms with Crippen molar-refractivity contribution in [2.24, 2.45) is 17.2 Å². The molecule has 8 atom stereocenters. The highest BCUT2D eigenvalue weighted by Gasteiger charge is 2.36. The smallest absolute Gasteiger partial charge is 0.303 e. The molecule has 79 heavy (non-hydrogen) atoms. The van der Waals surface area contributed by atoms with Gasteiger partial charge in [-0.1, -0.05) is 109 Å². The maximum absolute atomic E-state index is 14.9. The lowest BCUT2D eigenvalue weighted by Gasteiger charge is -2.28. The molecule has 5 aromatic rings. The number of unbranched alkanes of at least 4 members (excludes halogenated alkanes) is 1. The van der Waals surface area contributed by atoms with Crippen LogP contribution in [0.15, 0.2) is 121 Å². The lowest BCUT2D eigenvalue weighted by molar-refractivity contribution is -0.137. The van der Waals surface area contributed by atoms with E-state index in [-0.39, 0.29) is 58.0 Å². The van der Waals surface area contributed by atoms with E-state index in [4.69, 9.17) is 22.3 Å². The Labute approximate surface area is 466 Å². The monoisotopic (exact) mass is 1150 g/mol. The highest BCUT2D eigenvalue weighted by Crippen LogP contribution is 2.24. The Bertz CT molecular complexity index is 2860. The van der Waals surface area contributed by atoms with Crippen molar-refractivity contribution in [3.8, 4) is 0 Å². The fourth-order valence-electron chi connectivity index (χ4n) is 8.64. The first-order valence-electron chi connectivity index (χ1n) is 25.9. The summed E-state index contributed by atoms with van der Waals surface area (Å²) in [5.41, 5.74) is 20.4. The predicted molar refractivity (Wildman–Crippen MR) is 298 cm³/mol. The van der Waals surface area contributed by atoms with E-state index in [1.54, 1.807) is 107 Å². The van der Waals surface area contributed by atoms with Crippen LogP contribution in [0, 0.1) is 0 Å². The molecule has 0 aliphatic heterocycles. The lowest BCUT2D eigenvalue weighted by Crippen LogP contribution is -2.62. The zero-order valence-corrected chi connectivity index (χ0v) is 45.4. The average Bonchev–Trinajstić information content (AvgIpc) is 3.80. The number of aliphatic hydroxyl groups is 1. The number of nitrogens with two attached hydrogens (primary N) is 3. The number of carboxylic acids is 1. The van der Waals surface area contributed by atoms with Crippen LogP contribution in [0.5, 0.6) is 0 Å². The maximum Gasteiger partial charge on any atom is 0.303 e. The standard InChI is InChI=1S/C56H70BrN11O11/c1-34(69)49(56(79)66-42(28-35-16-5-2-6-17-35)51(74)61-27-15-25-48(71)72)67-52(75)41(23-13-14-26-58)62-55(78)45(31-38-33-68(57)46-24-12-11-22-39(38)46)65-54(77)44(30-37-20-9-4-10-21-37)64-53(76)43(29-36-18-7-3-8-19-36)63-50(73)40(59)32-47(60)70/h2-12,16-22,24,33-34,40-45,49,69H,13-15,23,25-32,58-59H2,1H3,(H2,60,70)(H,61,74)(H,62,78)(H,63,73)(H,64,76)(H,65,77)(H,66,79)(H,67,75)(H,71,72)/t34-,40+,41+,42+,43+,44+,45+,49+/m1/s1. The number of halogens is 1. The molecule has 1 aromatic heterocycles. The summed E-state index contributed by atoms with van der Waals surface area (Å²) in [6.45, 7) is 1.50. The predicted octanol–water partition coefficient (Wildman–Crippen LogP) is 0.672. The number of para-hydroxylation sites is 1. The van der Waals surface area contributed by atoms with Gasteiger partial charge in [0.1, 0.15) is 36.3 Å². The zero-order valence-electron chi connectivity index (χ0n) is 43.8. The number of nitrogens with zero attached hydrogens (tertiary/aromatic N) is 1. The molecule has 1 heterocycles. The van der Waals surface area contributed by atoms with Crippen LogP contribution >= 0.6 is 16.1 Å². The Morgan fingerprint density at radius 1 is 0.557 bits per heavy atom. The van der Waals surface area contributed by atoms with Gasteiger partial charge in [0.05, 0.1) is 40.2 Å². The minimum atomic E-state index is -1.66. The van der Waals surface area contributed by atoms with Crippen LogP contribution in [0.2, 0.25) is 0 Å². The summed E-state index contributed by atoms with van der Waals surface area (Å²) < 4.78 is 1.67. The number of hydrogen-bond donors (Lipinski definition) is 12. The average molecular weight is 1150 g/mol. The minimum absolute atomic E-state index is 0.000222. The number of hydrogen-bond acceptors (Lipinski definition) is 12. The molecule has 4 aromatic carbocycles. The van der Waals surface area contributed by atoms with Gasteiger partial charge >= 0.3 is 5.97 Å². The molecule has 422 valence electrons. The summed E-state index contributed by atoms with van der Waals surface area (Å²) in [4.78, 5) is 122. The summed E-state index contributed by atoms with van der Waals surface area (Å²) >= 11 is 3.52. The molecular formula is C56H70BrN11O11. The molecular weight excluding hydrogens is 1080 g/mol. The van der Waals surface area contributed by atoms with Crippen LogP contribution in [0.25, 0.3) is 10.9 Å². The second-order valence-corrected chi connectivity index (χ2v) is 19.9. The normalized spacial score (nSPS) is 14.1. The van der Waals surface area contributed by atoms with Gasteiger partial charge in [-0.05, 0) is 67.5 Å². The van der Waals surface area contributed by atoms with Crippen molar-refractivity contribution in [2.75, 3.05) is 13.1 Å². The second-order valence-electron chi connectivity index (χ2n) is 19.1. The van der Waals surface area contributed by atoms with Crippen LogP contribution in [0.4, 0.5) is 0 Å². The summed E-state index contributed by atoms with van der Waals surface area (Å²) in [6, 6.07) is 23.7. The van der Waals surface area contributed by atoms with Crippen molar-refractivity contribution >= 4 is 80.3 Å². The van der Waals surface area contributed by atoms with Gasteiger partial charge in [-0.3, -0.25) is 46.7 Å². The van der Waals surface area contributed by atoms with E-state index in [0.717, 1.165) is 10.9 Å². The third-order valence-corrected chi connectivity index (χ3v) is 13.4. The largest absolute Gasteiger partial charge is 0.481 e. The number of aromatic nitrogens is 1. The molecule has 5 rings (SSSR count). The lowest BCUT2D eigenvalue weighted by atomic mass is 10.00. The summed E-state index contributed by atoms with van der Waals surface area (Å²) in [7, 11) is 0. The highest BCUT2D eigenvalue weighted by molar-refractivity contribution is 9.08. The Kier molecular flexibility index (Phi) is 24.6. The molecule has 0 aliphatic carbocycles. The number of primary amides is 1. The number of carbonyl (C=O) groups is 9.